The highest BCUT2D eigenvalue weighted by atomic mass is 16.6. The SMILES string of the molecule is CCCc1c(OCCCCCOC(Cc2ccccc2)C(=O)OC)ccc2c1OCC2=O. The average Bonchev–Trinajstić information content (AvgIpc) is 3.20. The van der Waals surface area contributed by atoms with Gasteiger partial charge in [0, 0.05) is 18.6 Å². The molecule has 2 aromatic rings. The summed E-state index contributed by atoms with van der Waals surface area (Å²) in [5.41, 5.74) is 2.69. The zero-order valence-electron chi connectivity index (χ0n) is 18.9. The number of esters is 1. The molecule has 0 fully saturated rings. The van der Waals surface area contributed by atoms with Crippen LogP contribution in [0.15, 0.2) is 42.5 Å². The fraction of sp³-hybridized carbons (Fsp3) is 0.462. The van der Waals surface area contributed by atoms with Crippen LogP contribution in [0.5, 0.6) is 11.5 Å². The average molecular weight is 441 g/mol. The number of hydrogen-bond acceptors (Lipinski definition) is 6. The van der Waals surface area contributed by atoms with Crippen LogP contribution < -0.4 is 9.47 Å². The zero-order valence-corrected chi connectivity index (χ0v) is 18.9. The molecule has 0 radical (unpaired) electrons. The van der Waals surface area contributed by atoms with Gasteiger partial charge in [0.05, 0.1) is 19.3 Å². The van der Waals surface area contributed by atoms with E-state index in [1.54, 1.807) is 6.07 Å². The van der Waals surface area contributed by atoms with E-state index in [9.17, 15) is 9.59 Å². The molecule has 0 spiro atoms. The minimum atomic E-state index is -0.593. The molecule has 1 aliphatic rings. The lowest BCUT2D eigenvalue weighted by Gasteiger charge is -2.16. The molecule has 0 bridgehead atoms. The molecule has 1 unspecified atom stereocenters. The lowest BCUT2D eigenvalue weighted by molar-refractivity contribution is -0.154. The van der Waals surface area contributed by atoms with Gasteiger partial charge in [-0.15, -0.1) is 0 Å². The molecule has 2 aromatic carbocycles. The van der Waals surface area contributed by atoms with E-state index < -0.39 is 6.10 Å². The number of carbonyl (C=O) groups is 2. The van der Waals surface area contributed by atoms with Crippen LogP contribution in [0.3, 0.4) is 0 Å². The van der Waals surface area contributed by atoms with Crippen LogP contribution in [0.1, 0.15) is 54.1 Å². The Hall–Kier alpha value is -2.86. The summed E-state index contributed by atoms with van der Waals surface area (Å²) in [5, 5.41) is 0. The summed E-state index contributed by atoms with van der Waals surface area (Å²) in [6, 6.07) is 13.5. The number of carbonyl (C=O) groups excluding carboxylic acids is 2. The molecule has 0 saturated carbocycles. The Morgan fingerprint density at radius 1 is 1.06 bits per heavy atom. The van der Waals surface area contributed by atoms with Crippen molar-refractivity contribution in [2.24, 2.45) is 0 Å². The van der Waals surface area contributed by atoms with Crippen molar-refractivity contribution in [2.75, 3.05) is 26.9 Å². The monoisotopic (exact) mass is 440 g/mol. The van der Waals surface area contributed by atoms with Crippen molar-refractivity contribution in [3.63, 3.8) is 0 Å². The van der Waals surface area contributed by atoms with E-state index in [1.807, 2.05) is 36.4 Å². The predicted octanol–water partition coefficient (Wildman–Crippen LogP) is 4.56. The first kappa shape index (κ1) is 23.8. The number of methoxy groups -OCH3 is 1. The molecule has 1 heterocycles. The van der Waals surface area contributed by atoms with E-state index in [0.29, 0.717) is 30.9 Å². The smallest absolute Gasteiger partial charge is 0.335 e. The molecule has 0 saturated heterocycles. The molecular formula is C26H32O6. The van der Waals surface area contributed by atoms with Crippen LogP contribution in [-0.2, 0) is 27.1 Å². The van der Waals surface area contributed by atoms with E-state index >= 15 is 0 Å². The normalized spacial score (nSPS) is 13.4. The second kappa shape index (κ2) is 12.2. The van der Waals surface area contributed by atoms with Gasteiger partial charge < -0.3 is 18.9 Å². The van der Waals surface area contributed by atoms with Gasteiger partial charge in [0.25, 0.3) is 0 Å². The van der Waals surface area contributed by atoms with E-state index in [2.05, 4.69) is 6.92 Å². The second-order valence-electron chi connectivity index (χ2n) is 7.86. The number of unbranched alkanes of at least 4 members (excludes halogenated alkanes) is 2. The highest BCUT2D eigenvalue weighted by molar-refractivity contribution is 6.03. The van der Waals surface area contributed by atoms with Crippen molar-refractivity contribution in [2.45, 2.75) is 51.6 Å². The first-order chi connectivity index (χ1) is 15.6. The van der Waals surface area contributed by atoms with E-state index in [4.69, 9.17) is 18.9 Å². The maximum atomic E-state index is 12.0. The van der Waals surface area contributed by atoms with Gasteiger partial charge in [-0.05, 0) is 43.4 Å². The largest absolute Gasteiger partial charge is 0.493 e. The van der Waals surface area contributed by atoms with Gasteiger partial charge in [-0.25, -0.2) is 4.79 Å². The van der Waals surface area contributed by atoms with Crippen LogP contribution in [0.2, 0.25) is 0 Å². The van der Waals surface area contributed by atoms with Crippen molar-refractivity contribution in [1.82, 2.24) is 0 Å². The van der Waals surface area contributed by atoms with Gasteiger partial charge in [0.1, 0.15) is 11.5 Å². The summed E-state index contributed by atoms with van der Waals surface area (Å²) >= 11 is 0. The van der Waals surface area contributed by atoms with E-state index in [1.165, 1.54) is 7.11 Å². The lowest BCUT2D eigenvalue weighted by Crippen LogP contribution is -2.28. The molecule has 6 heteroatoms. The van der Waals surface area contributed by atoms with Crippen molar-refractivity contribution in [3.8, 4) is 11.5 Å². The van der Waals surface area contributed by atoms with Crippen LogP contribution in [0.4, 0.5) is 0 Å². The Labute approximate surface area is 189 Å². The fourth-order valence-electron chi connectivity index (χ4n) is 3.79. The maximum Gasteiger partial charge on any atom is 0.335 e. The van der Waals surface area contributed by atoms with Crippen molar-refractivity contribution in [1.29, 1.82) is 0 Å². The predicted molar refractivity (Wildman–Crippen MR) is 122 cm³/mol. The molecule has 1 atom stereocenters. The van der Waals surface area contributed by atoms with Gasteiger partial charge in [0.15, 0.2) is 12.7 Å². The van der Waals surface area contributed by atoms with Gasteiger partial charge in [-0.2, -0.15) is 0 Å². The lowest BCUT2D eigenvalue weighted by atomic mass is 10.0. The number of benzene rings is 2. The summed E-state index contributed by atoms with van der Waals surface area (Å²) in [5.74, 6) is 1.17. The van der Waals surface area contributed by atoms with Crippen LogP contribution in [-0.4, -0.2) is 44.8 Å². The Bertz CT molecular complexity index is 893. The first-order valence-corrected chi connectivity index (χ1v) is 11.3. The Kier molecular flexibility index (Phi) is 9.11. The van der Waals surface area contributed by atoms with Crippen LogP contribution in [0, 0.1) is 0 Å². The van der Waals surface area contributed by atoms with E-state index in [-0.39, 0.29) is 18.4 Å². The standard InChI is InChI=1S/C26H32O6/c1-3-10-21-23(14-13-20-22(27)18-32-25(20)21)30-15-8-5-9-16-31-24(26(28)29-2)17-19-11-6-4-7-12-19/h4,6-7,11-14,24H,3,5,8-10,15-18H2,1-2H3. The topological polar surface area (TPSA) is 71.1 Å². The van der Waals surface area contributed by atoms with Crippen molar-refractivity contribution < 1.29 is 28.5 Å². The molecule has 3 rings (SSSR count). The Morgan fingerprint density at radius 2 is 1.84 bits per heavy atom. The van der Waals surface area contributed by atoms with Crippen LogP contribution in [0.25, 0.3) is 0 Å². The third-order valence-corrected chi connectivity index (χ3v) is 5.46. The van der Waals surface area contributed by atoms with Gasteiger partial charge in [-0.1, -0.05) is 43.7 Å². The number of fused-ring (bicyclic) bond motifs is 1. The van der Waals surface area contributed by atoms with E-state index in [0.717, 1.165) is 49.0 Å². The highest BCUT2D eigenvalue weighted by Crippen LogP contribution is 2.37. The molecular weight excluding hydrogens is 408 g/mol. The molecule has 0 aromatic heterocycles. The van der Waals surface area contributed by atoms with Gasteiger partial charge in [0.2, 0.25) is 5.78 Å². The molecule has 0 N–H and O–H groups in total. The molecule has 1 aliphatic heterocycles. The number of ketones is 1. The first-order valence-electron chi connectivity index (χ1n) is 11.3. The second-order valence-corrected chi connectivity index (χ2v) is 7.86. The minimum Gasteiger partial charge on any atom is -0.493 e. The number of rotatable bonds is 13. The third-order valence-electron chi connectivity index (χ3n) is 5.46. The molecule has 0 amide bonds. The number of ether oxygens (including phenoxy) is 4. The summed E-state index contributed by atoms with van der Waals surface area (Å²) in [7, 11) is 1.38. The highest BCUT2D eigenvalue weighted by Gasteiger charge is 2.26. The Balaban J connectivity index is 1.41. The van der Waals surface area contributed by atoms with Crippen LogP contribution >= 0.6 is 0 Å². The summed E-state index contributed by atoms with van der Waals surface area (Å²) < 4.78 is 22.3. The van der Waals surface area contributed by atoms with Gasteiger partial charge >= 0.3 is 5.97 Å². The third kappa shape index (κ3) is 6.33. The fourth-order valence-corrected chi connectivity index (χ4v) is 3.79. The summed E-state index contributed by atoms with van der Waals surface area (Å²) in [4.78, 5) is 23.9. The number of hydrogen-bond donors (Lipinski definition) is 0. The van der Waals surface area contributed by atoms with Gasteiger partial charge in [-0.3, -0.25) is 4.79 Å². The molecule has 0 aliphatic carbocycles. The quantitative estimate of drug-likeness (QED) is 0.336. The molecule has 172 valence electrons. The summed E-state index contributed by atoms with van der Waals surface area (Å²) in [6.07, 6.45) is 4.29. The van der Waals surface area contributed by atoms with Crippen molar-refractivity contribution in [3.05, 3.63) is 59.2 Å². The number of Topliss-reactive ketones (excluding diaryl/α,β-unsaturated/α-hetero) is 1. The zero-order chi connectivity index (χ0) is 22.8. The summed E-state index contributed by atoms with van der Waals surface area (Å²) in [6.45, 7) is 3.28. The Morgan fingerprint density at radius 3 is 2.59 bits per heavy atom. The minimum absolute atomic E-state index is 0.0291. The molecule has 6 nitrogen and oxygen atoms in total. The molecule has 32 heavy (non-hydrogen) atoms. The van der Waals surface area contributed by atoms with Crippen molar-refractivity contribution >= 4 is 11.8 Å². The maximum absolute atomic E-state index is 12.0.